The Bertz CT molecular complexity index is 492. The molecule has 0 amide bonds. The molecule has 0 unspecified atom stereocenters. The zero-order valence-corrected chi connectivity index (χ0v) is 13.2. The zero-order chi connectivity index (χ0) is 14.8. The van der Waals surface area contributed by atoms with Crippen LogP contribution in [-0.2, 0) is 16.4 Å². The quantitative estimate of drug-likeness (QED) is 0.809. The first-order valence-electron chi connectivity index (χ1n) is 6.96. The molecule has 1 fully saturated rings. The lowest BCUT2D eigenvalue weighted by atomic mass is 9.79. The van der Waals surface area contributed by atoms with Crippen LogP contribution in [-0.4, -0.2) is 48.6 Å². The van der Waals surface area contributed by atoms with E-state index in [0.29, 0.717) is 17.9 Å². The van der Waals surface area contributed by atoms with Crippen molar-refractivity contribution in [3.05, 3.63) is 29.8 Å². The second kappa shape index (κ2) is 6.24. The molecule has 0 aliphatic carbocycles. The largest absolute Gasteiger partial charge is 0.497 e. The summed E-state index contributed by atoms with van der Waals surface area (Å²) < 4.78 is 17.1. The number of hydrogen-bond donors (Lipinski definition) is 2. The monoisotopic (exact) mass is 298 g/mol. The maximum atomic E-state index is 11.9. The molecule has 4 nitrogen and oxygen atoms in total. The fraction of sp³-hybridized carbons (Fsp3) is 0.600. The van der Waals surface area contributed by atoms with E-state index in [0.717, 1.165) is 17.9 Å². The summed E-state index contributed by atoms with van der Waals surface area (Å²) in [5, 5.41) is 11.2. The summed E-state index contributed by atoms with van der Waals surface area (Å²) in [5.41, 5.74) is -0.0282. The van der Waals surface area contributed by atoms with Crippen LogP contribution < -0.4 is 9.64 Å². The predicted molar refractivity (Wildman–Crippen MR) is 80.6 cm³/mol. The molecular formula is C15H24NO3S+. The minimum Gasteiger partial charge on any atom is -0.497 e. The standard InChI is InChI=1S/C15H23NO3S/c1-16(2)10-13-11-20(18)8-7-15(13,17)12-5-4-6-14(9-12)19-3/h4-6,9,13,17H,7-8,10-11H2,1-3H3/p+1/t13-,15-,20-/m0/s1. The first-order chi connectivity index (χ1) is 9.45. The molecule has 1 aromatic carbocycles. The van der Waals surface area contributed by atoms with Crippen LogP contribution in [0.3, 0.4) is 0 Å². The summed E-state index contributed by atoms with van der Waals surface area (Å²) in [6.45, 7) is 0.805. The molecule has 1 saturated heterocycles. The maximum absolute atomic E-state index is 11.9. The number of methoxy groups -OCH3 is 1. The van der Waals surface area contributed by atoms with Gasteiger partial charge in [0.1, 0.15) is 5.75 Å². The number of ether oxygens (including phenoxy) is 1. The molecule has 2 N–H and O–H groups in total. The van der Waals surface area contributed by atoms with Crippen molar-refractivity contribution in [2.75, 3.05) is 39.3 Å². The lowest BCUT2D eigenvalue weighted by Gasteiger charge is -2.40. The van der Waals surface area contributed by atoms with Crippen LogP contribution in [0.25, 0.3) is 0 Å². The minimum atomic E-state index is -0.903. The molecule has 1 aliphatic heterocycles. The molecule has 5 heteroatoms. The molecule has 1 aromatic rings. The Hall–Kier alpha value is -0.910. The molecule has 0 saturated carbocycles. The summed E-state index contributed by atoms with van der Waals surface area (Å²) in [6, 6.07) is 7.61. The van der Waals surface area contributed by atoms with Gasteiger partial charge in [-0.1, -0.05) is 12.1 Å². The molecule has 0 bridgehead atoms. The minimum absolute atomic E-state index is 0.00851. The third-order valence-corrected chi connectivity index (χ3v) is 5.43. The lowest BCUT2D eigenvalue weighted by Crippen LogP contribution is -3.07. The van der Waals surface area contributed by atoms with Gasteiger partial charge in [-0.15, -0.1) is 0 Å². The van der Waals surface area contributed by atoms with Gasteiger partial charge in [0.05, 0.1) is 39.3 Å². The van der Waals surface area contributed by atoms with Crippen LogP contribution in [0.5, 0.6) is 5.75 Å². The number of quaternary nitrogens is 1. The lowest BCUT2D eigenvalue weighted by molar-refractivity contribution is -0.863. The molecule has 3 atom stereocenters. The number of rotatable bonds is 4. The van der Waals surface area contributed by atoms with Crippen molar-refractivity contribution >= 4 is 10.8 Å². The van der Waals surface area contributed by atoms with Gasteiger partial charge in [-0.2, -0.15) is 0 Å². The molecule has 1 heterocycles. The van der Waals surface area contributed by atoms with Gasteiger partial charge in [0.2, 0.25) is 0 Å². The van der Waals surface area contributed by atoms with E-state index >= 15 is 0 Å². The first-order valence-corrected chi connectivity index (χ1v) is 8.45. The summed E-state index contributed by atoms with van der Waals surface area (Å²) in [6.07, 6.45) is 0.546. The van der Waals surface area contributed by atoms with Crippen molar-refractivity contribution in [1.82, 2.24) is 0 Å². The van der Waals surface area contributed by atoms with Gasteiger partial charge in [0, 0.05) is 22.3 Å². The highest BCUT2D eigenvalue weighted by Crippen LogP contribution is 2.38. The van der Waals surface area contributed by atoms with E-state index in [-0.39, 0.29) is 5.92 Å². The number of aliphatic hydroxyl groups is 1. The van der Waals surface area contributed by atoms with E-state index in [4.69, 9.17) is 4.74 Å². The van der Waals surface area contributed by atoms with Gasteiger partial charge < -0.3 is 14.7 Å². The van der Waals surface area contributed by atoms with Crippen molar-refractivity contribution in [2.24, 2.45) is 5.92 Å². The molecule has 112 valence electrons. The van der Waals surface area contributed by atoms with E-state index in [1.165, 1.54) is 4.90 Å². The second-order valence-electron chi connectivity index (χ2n) is 5.82. The normalized spacial score (nSPS) is 30.4. The van der Waals surface area contributed by atoms with Crippen LogP contribution in [0, 0.1) is 5.92 Å². The highest BCUT2D eigenvalue weighted by molar-refractivity contribution is 7.85. The van der Waals surface area contributed by atoms with Gasteiger partial charge >= 0.3 is 0 Å². The van der Waals surface area contributed by atoms with Crippen molar-refractivity contribution in [1.29, 1.82) is 0 Å². The molecule has 0 spiro atoms. The van der Waals surface area contributed by atoms with E-state index in [1.807, 2.05) is 24.3 Å². The molecule has 0 aromatic heterocycles. The van der Waals surface area contributed by atoms with Crippen molar-refractivity contribution in [3.63, 3.8) is 0 Å². The van der Waals surface area contributed by atoms with Crippen molar-refractivity contribution < 1.29 is 19.0 Å². The van der Waals surface area contributed by atoms with Crippen LogP contribution in [0.1, 0.15) is 12.0 Å². The Balaban J connectivity index is 2.34. The topological polar surface area (TPSA) is 51.0 Å². The second-order valence-corrected chi connectivity index (χ2v) is 7.45. The fourth-order valence-corrected chi connectivity index (χ4v) is 4.46. The average molecular weight is 298 g/mol. The van der Waals surface area contributed by atoms with Crippen molar-refractivity contribution in [3.8, 4) is 5.75 Å². The van der Waals surface area contributed by atoms with Gasteiger partial charge in [0.15, 0.2) is 0 Å². The summed E-state index contributed by atoms with van der Waals surface area (Å²) >= 11 is 0. The number of benzene rings is 1. The SMILES string of the molecule is COc1cccc([C@@]2(O)CC[S@](=O)C[C@@H]2C[NH+](C)C)c1. The summed E-state index contributed by atoms with van der Waals surface area (Å²) in [7, 11) is 4.92. The Morgan fingerprint density at radius 1 is 1.50 bits per heavy atom. The molecule has 2 rings (SSSR count). The molecule has 20 heavy (non-hydrogen) atoms. The van der Waals surface area contributed by atoms with Gasteiger partial charge in [-0.25, -0.2) is 0 Å². The Kier molecular flexibility index (Phi) is 4.83. The Morgan fingerprint density at radius 2 is 2.25 bits per heavy atom. The van der Waals surface area contributed by atoms with Crippen molar-refractivity contribution in [2.45, 2.75) is 12.0 Å². The predicted octanol–water partition coefficient (Wildman–Crippen LogP) is -0.204. The number of hydrogen-bond acceptors (Lipinski definition) is 3. The number of nitrogens with one attached hydrogen (secondary N) is 1. The highest BCUT2D eigenvalue weighted by Gasteiger charge is 2.44. The summed E-state index contributed by atoms with van der Waals surface area (Å²) in [4.78, 5) is 1.26. The van der Waals surface area contributed by atoms with E-state index in [1.54, 1.807) is 7.11 Å². The first kappa shape index (κ1) is 15.5. The smallest absolute Gasteiger partial charge is 0.119 e. The van der Waals surface area contributed by atoms with Crippen LogP contribution >= 0.6 is 0 Å². The zero-order valence-electron chi connectivity index (χ0n) is 12.4. The highest BCUT2D eigenvalue weighted by atomic mass is 32.2. The maximum Gasteiger partial charge on any atom is 0.119 e. The third kappa shape index (κ3) is 3.22. The van der Waals surface area contributed by atoms with Crippen LogP contribution in [0.4, 0.5) is 0 Å². The Labute approximate surface area is 123 Å². The summed E-state index contributed by atoms with van der Waals surface area (Å²) in [5.74, 6) is 1.89. The molecule has 0 radical (unpaired) electrons. The van der Waals surface area contributed by atoms with Gasteiger partial charge in [-0.3, -0.25) is 4.21 Å². The van der Waals surface area contributed by atoms with Gasteiger partial charge in [0.25, 0.3) is 0 Å². The van der Waals surface area contributed by atoms with E-state index in [2.05, 4.69) is 14.1 Å². The molecular weight excluding hydrogens is 274 g/mol. The third-order valence-electron chi connectivity index (χ3n) is 4.00. The van der Waals surface area contributed by atoms with Gasteiger partial charge in [-0.05, 0) is 24.1 Å². The fourth-order valence-electron chi connectivity index (χ4n) is 2.91. The molecule has 1 aliphatic rings. The van der Waals surface area contributed by atoms with E-state index < -0.39 is 16.4 Å². The van der Waals surface area contributed by atoms with Crippen LogP contribution in [0.2, 0.25) is 0 Å². The average Bonchev–Trinajstić information content (AvgIpc) is 2.42. The Morgan fingerprint density at radius 3 is 2.90 bits per heavy atom. The van der Waals surface area contributed by atoms with E-state index in [9.17, 15) is 9.32 Å². The van der Waals surface area contributed by atoms with Crippen LogP contribution in [0.15, 0.2) is 24.3 Å².